The van der Waals surface area contributed by atoms with Gasteiger partial charge in [-0.2, -0.15) is 0 Å². The second-order valence-electron chi connectivity index (χ2n) is 4.97. The van der Waals surface area contributed by atoms with Gasteiger partial charge in [0, 0.05) is 11.3 Å². The van der Waals surface area contributed by atoms with E-state index >= 15 is 0 Å². The van der Waals surface area contributed by atoms with Crippen LogP contribution in [-0.4, -0.2) is 25.0 Å². The fourth-order valence-electron chi connectivity index (χ4n) is 2.22. The van der Waals surface area contributed by atoms with Crippen molar-refractivity contribution < 1.29 is 4.42 Å². The van der Waals surface area contributed by atoms with E-state index in [2.05, 4.69) is 20.4 Å². The third-order valence-electron chi connectivity index (χ3n) is 3.36. The van der Waals surface area contributed by atoms with Crippen molar-refractivity contribution in [1.29, 1.82) is 0 Å². The van der Waals surface area contributed by atoms with Crippen molar-refractivity contribution in [2.24, 2.45) is 0 Å². The van der Waals surface area contributed by atoms with E-state index in [4.69, 9.17) is 4.42 Å². The third kappa shape index (κ3) is 3.07. The molecule has 0 atom stereocenters. The van der Waals surface area contributed by atoms with Crippen LogP contribution < -0.4 is 0 Å². The molecular weight excluding hydrogens is 322 g/mol. The molecule has 2 heterocycles. The number of thioether (sulfide) groups is 1. The highest BCUT2D eigenvalue weighted by Crippen LogP contribution is 2.24. The molecule has 4 aromatic rings. The van der Waals surface area contributed by atoms with Crippen LogP contribution in [0.15, 0.2) is 76.6 Å². The van der Waals surface area contributed by atoms with Crippen LogP contribution in [0, 0.1) is 0 Å². The van der Waals surface area contributed by atoms with E-state index in [0.717, 1.165) is 16.4 Å². The number of hydrogen-bond acceptors (Lipinski definition) is 6. The third-order valence-corrected chi connectivity index (χ3v) is 4.29. The second-order valence-corrected chi connectivity index (χ2v) is 5.92. The average molecular weight is 335 g/mol. The van der Waals surface area contributed by atoms with Gasteiger partial charge in [-0.15, -0.1) is 20.4 Å². The summed E-state index contributed by atoms with van der Waals surface area (Å²) in [6, 6.07) is 19.7. The minimum absolute atomic E-state index is 0.524. The van der Waals surface area contributed by atoms with Gasteiger partial charge < -0.3 is 4.42 Å². The van der Waals surface area contributed by atoms with Crippen LogP contribution in [0.5, 0.6) is 0 Å². The van der Waals surface area contributed by atoms with Gasteiger partial charge in [-0.1, -0.05) is 48.2 Å². The SMILES string of the molecule is c1ccc(-c2nnc(CSc3nncn3-c3ccccc3)o2)cc1. The maximum Gasteiger partial charge on any atom is 0.247 e. The summed E-state index contributed by atoms with van der Waals surface area (Å²) in [7, 11) is 0. The first kappa shape index (κ1) is 14.6. The number of para-hydroxylation sites is 1. The molecule has 4 rings (SSSR count). The second kappa shape index (κ2) is 6.67. The monoisotopic (exact) mass is 335 g/mol. The van der Waals surface area contributed by atoms with Crippen LogP contribution in [0.4, 0.5) is 0 Å². The smallest absolute Gasteiger partial charge is 0.247 e. The summed E-state index contributed by atoms with van der Waals surface area (Å²) in [6.07, 6.45) is 1.70. The Balaban J connectivity index is 1.49. The van der Waals surface area contributed by atoms with Crippen molar-refractivity contribution in [2.75, 3.05) is 0 Å². The highest BCUT2D eigenvalue weighted by atomic mass is 32.2. The van der Waals surface area contributed by atoms with Gasteiger partial charge in [0.2, 0.25) is 11.8 Å². The molecule has 0 fully saturated rings. The molecule has 0 aliphatic heterocycles. The van der Waals surface area contributed by atoms with Gasteiger partial charge in [0.1, 0.15) is 6.33 Å². The summed E-state index contributed by atoms with van der Waals surface area (Å²) >= 11 is 1.50. The summed E-state index contributed by atoms with van der Waals surface area (Å²) < 4.78 is 7.64. The Morgan fingerprint density at radius 1 is 0.875 bits per heavy atom. The lowest BCUT2D eigenvalue weighted by molar-refractivity contribution is 0.528. The minimum Gasteiger partial charge on any atom is -0.420 e. The zero-order valence-electron chi connectivity index (χ0n) is 12.6. The Hall–Kier alpha value is -2.93. The molecule has 7 heteroatoms. The topological polar surface area (TPSA) is 69.6 Å². The molecule has 0 aliphatic carbocycles. The van der Waals surface area contributed by atoms with E-state index in [1.165, 1.54) is 11.8 Å². The van der Waals surface area contributed by atoms with Gasteiger partial charge >= 0.3 is 0 Å². The quantitative estimate of drug-likeness (QED) is 0.519. The van der Waals surface area contributed by atoms with Gasteiger partial charge in [-0.05, 0) is 24.3 Å². The normalized spacial score (nSPS) is 10.8. The van der Waals surface area contributed by atoms with Crippen molar-refractivity contribution in [1.82, 2.24) is 25.0 Å². The molecule has 0 amide bonds. The van der Waals surface area contributed by atoms with Crippen LogP contribution in [0.3, 0.4) is 0 Å². The molecule has 0 spiro atoms. The zero-order valence-corrected chi connectivity index (χ0v) is 13.4. The Morgan fingerprint density at radius 3 is 2.42 bits per heavy atom. The lowest BCUT2D eigenvalue weighted by atomic mass is 10.2. The van der Waals surface area contributed by atoms with Gasteiger partial charge in [0.15, 0.2) is 5.16 Å². The molecular formula is C17H13N5OS. The number of nitrogens with zero attached hydrogens (tertiary/aromatic N) is 5. The highest BCUT2D eigenvalue weighted by Gasteiger charge is 2.12. The van der Waals surface area contributed by atoms with E-state index in [9.17, 15) is 0 Å². The molecule has 24 heavy (non-hydrogen) atoms. The lowest BCUT2D eigenvalue weighted by Gasteiger charge is -2.04. The minimum atomic E-state index is 0.524. The maximum atomic E-state index is 5.71. The van der Waals surface area contributed by atoms with Crippen LogP contribution in [0.1, 0.15) is 5.89 Å². The molecule has 0 unspecified atom stereocenters. The van der Waals surface area contributed by atoms with E-state index < -0.39 is 0 Å². The van der Waals surface area contributed by atoms with E-state index in [1.807, 2.05) is 65.2 Å². The average Bonchev–Trinajstić information content (AvgIpc) is 3.31. The Morgan fingerprint density at radius 2 is 1.62 bits per heavy atom. The van der Waals surface area contributed by atoms with E-state index in [0.29, 0.717) is 17.5 Å². The molecule has 0 saturated carbocycles. The zero-order chi connectivity index (χ0) is 16.2. The van der Waals surface area contributed by atoms with Gasteiger partial charge in [-0.3, -0.25) is 4.57 Å². The Bertz CT molecular complexity index is 920. The fraction of sp³-hybridized carbons (Fsp3) is 0.0588. The molecule has 0 aliphatic rings. The first-order valence-corrected chi connectivity index (χ1v) is 8.35. The van der Waals surface area contributed by atoms with Gasteiger partial charge in [-0.25, -0.2) is 0 Å². The molecule has 0 bridgehead atoms. The molecule has 2 aromatic carbocycles. The number of rotatable bonds is 5. The first-order chi connectivity index (χ1) is 11.9. The van der Waals surface area contributed by atoms with Crippen LogP contribution in [0.2, 0.25) is 0 Å². The summed E-state index contributed by atoms with van der Waals surface area (Å²) in [6.45, 7) is 0. The molecule has 0 radical (unpaired) electrons. The Labute approximate surface area is 142 Å². The van der Waals surface area contributed by atoms with Crippen molar-refractivity contribution in [3.63, 3.8) is 0 Å². The molecule has 6 nitrogen and oxygen atoms in total. The standard InChI is InChI=1S/C17H13N5OS/c1-3-7-13(8-4-1)16-20-19-15(23-16)11-24-17-21-18-12-22(17)14-9-5-2-6-10-14/h1-10,12H,11H2. The molecule has 118 valence electrons. The molecule has 0 saturated heterocycles. The highest BCUT2D eigenvalue weighted by molar-refractivity contribution is 7.98. The van der Waals surface area contributed by atoms with Crippen molar-refractivity contribution in [3.05, 3.63) is 72.9 Å². The summed E-state index contributed by atoms with van der Waals surface area (Å²) in [4.78, 5) is 0. The number of benzene rings is 2. The summed E-state index contributed by atoms with van der Waals surface area (Å²) in [5, 5.41) is 17.1. The predicted octanol–water partition coefficient (Wildman–Crippen LogP) is 3.61. The molecule has 2 aromatic heterocycles. The predicted molar refractivity (Wildman–Crippen MR) is 90.7 cm³/mol. The van der Waals surface area contributed by atoms with Crippen molar-refractivity contribution in [3.8, 4) is 17.1 Å². The largest absolute Gasteiger partial charge is 0.420 e. The fourth-order valence-corrected chi connectivity index (χ4v) is 2.99. The van der Waals surface area contributed by atoms with Crippen molar-refractivity contribution >= 4 is 11.8 Å². The lowest BCUT2D eigenvalue weighted by Crippen LogP contribution is -1.94. The van der Waals surface area contributed by atoms with Crippen LogP contribution >= 0.6 is 11.8 Å². The first-order valence-electron chi connectivity index (χ1n) is 7.36. The summed E-state index contributed by atoms with van der Waals surface area (Å²) in [5.74, 6) is 1.61. The summed E-state index contributed by atoms with van der Waals surface area (Å²) in [5.41, 5.74) is 1.93. The number of hydrogen-bond donors (Lipinski definition) is 0. The van der Waals surface area contributed by atoms with Gasteiger partial charge in [0.05, 0.1) is 5.75 Å². The van der Waals surface area contributed by atoms with E-state index in [-0.39, 0.29) is 0 Å². The van der Waals surface area contributed by atoms with E-state index in [1.54, 1.807) is 6.33 Å². The van der Waals surface area contributed by atoms with Gasteiger partial charge in [0.25, 0.3) is 0 Å². The van der Waals surface area contributed by atoms with Crippen molar-refractivity contribution in [2.45, 2.75) is 10.9 Å². The van der Waals surface area contributed by atoms with Crippen LogP contribution in [-0.2, 0) is 5.75 Å². The molecule has 0 N–H and O–H groups in total. The van der Waals surface area contributed by atoms with Crippen LogP contribution in [0.25, 0.3) is 17.1 Å². The Kier molecular flexibility index (Phi) is 4.07. The maximum absolute atomic E-state index is 5.71. The number of aromatic nitrogens is 5.